The first-order chi connectivity index (χ1) is 10.4. The van der Waals surface area contributed by atoms with E-state index in [0.717, 1.165) is 0 Å². The number of sulfonamides is 1. The molecule has 4 nitrogen and oxygen atoms in total. The molecule has 0 bridgehead atoms. The van der Waals surface area contributed by atoms with Gasteiger partial charge in [0, 0.05) is 13.7 Å². The van der Waals surface area contributed by atoms with Crippen LogP contribution in [0.1, 0.15) is 11.7 Å². The van der Waals surface area contributed by atoms with Crippen LogP contribution in [0.3, 0.4) is 0 Å². The number of ether oxygens (including phenoxy) is 1. The minimum atomic E-state index is -3.77. The highest BCUT2D eigenvalue weighted by Gasteiger charge is 2.20. The van der Waals surface area contributed by atoms with Crippen molar-refractivity contribution in [3.8, 4) is 0 Å². The summed E-state index contributed by atoms with van der Waals surface area (Å²) in [6.45, 7) is -0.0342. The van der Waals surface area contributed by atoms with Gasteiger partial charge in [0.15, 0.2) is 0 Å². The van der Waals surface area contributed by atoms with Gasteiger partial charge in [-0.2, -0.15) is 0 Å². The lowest BCUT2D eigenvalue weighted by Crippen LogP contribution is -2.29. The quantitative estimate of drug-likeness (QED) is 0.876. The molecule has 1 N–H and O–H groups in total. The number of hydrogen-bond donors (Lipinski definition) is 1. The Hall–Kier alpha value is -1.47. The Balaban J connectivity index is 2.15. The highest BCUT2D eigenvalue weighted by atomic mass is 35.5. The van der Waals surface area contributed by atoms with Crippen LogP contribution in [0.15, 0.2) is 53.4 Å². The van der Waals surface area contributed by atoms with Gasteiger partial charge in [0.05, 0.1) is 11.1 Å². The van der Waals surface area contributed by atoms with Crippen LogP contribution in [0.2, 0.25) is 5.02 Å². The van der Waals surface area contributed by atoms with E-state index < -0.39 is 21.9 Å². The molecule has 0 spiro atoms. The first-order valence-electron chi connectivity index (χ1n) is 6.46. The maximum Gasteiger partial charge on any atom is 0.242 e. The van der Waals surface area contributed by atoms with E-state index in [2.05, 4.69) is 4.72 Å². The molecule has 0 amide bonds. The van der Waals surface area contributed by atoms with Crippen molar-refractivity contribution in [2.24, 2.45) is 0 Å². The largest absolute Gasteiger partial charge is 0.375 e. The third-order valence-electron chi connectivity index (χ3n) is 3.09. The maximum atomic E-state index is 13.2. The first kappa shape index (κ1) is 16.9. The topological polar surface area (TPSA) is 55.4 Å². The second-order valence-corrected chi connectivity index (χ2v) is 6.70. The maximum absolute atomic E-state index is 13.2. The van der Waals surface area contributed by atoms with Gasteiger partial charge in [-0.1, -0.05) is 35.9 Å². The summed E-state index contributed by atoms with van der Waals surface area (Å²) in [6, 6.07) is 12.0. The Labute approximate surface area is 133 Å². The molecular weight excluding hydrogens is 329 g/mol. The van der Waals surface area contributed by atoms with Gasteiger partial charge in [0.25, 0.3) is 0 Å². The van der Waals surface area contributed by atoms with E-state index in [0.29, 0.717) is 5.56 Å². The second-order valence-electron chi connectivity index (χ2n) is 4.56. The molecule has 0 aromatic heterocycles. The van der Waals surface area contributed by atoms with Crippen molar-refractivity contribution in [1.29, 1.82) is 0 Å². The lowest BCUT2D eigenvalue weighted by molar-refractivity contribution is 0.107. The smallest absolute Gasteiger partial charge is 0.242 e. The number of rotatable bonds is 6. The fourth-order valence-electron chi connectivity index (χ4n) is 1.97. The van der Waals surface area contributed by atoms with Crippen LogP contribution in [0.25, 0.3) is 0 Å². The molecule has 22 heavy (non-hydrogen) atoms. The average molecular weight is 344 g/mol. The average Bonchev–Trinajstić information content (AvgIpc) is 2.48. The minimum Gasteiger partial charge on any atom is -0.375 e. The summed E-state index contributed by atoms with van der Waals surface area (Å²) in [5.41, 5.74) is 0.546. The first-order valence-corrected chi connectivity index (χ1v) is 8.32. The van der Waals surface area contributed by atoms with Gasteiger partial charge in [0.1, 0.15) is 10.7 Å². The van der Waals surface area contributed by atoms with Crippen molar-refractivity contribution in [3.05, 3.63) is 64.9 Å². The van der Waals surface area contributed by atoms with Gasteiger partial charge >= 0.3 is 0 Å². The molecule has 7 heteroatoms. The fourth-order valence-corrected chi connectivity index (χ4v) is 3.52. The SMILES string of the molecule is CO[C@@H](CNS(=O)(=O)c1ccccc1Cl)c1cccc(F)c1. The molecule has 0 aliphatic carbocycles. The fraction of sp³-hybridized carbons (Fsp3) is 0.200. The van der Waals surface area contributed by atoms with E-state index in [9.17, 15) is 12.8 Å². The summed E-state index contributed by atoms with van der Waals surface area (Å²) in [4.78, 5) is -0.00855. The number of methoxy groups -OCH3 is 1. The van der Waals surface area contributed by atoms with E-state index in [1.807, 2.05) is 0 Å². The lowest BCUT2D eigenvalue weighted by atomic mass is 10.1. The monoisotopic (exact) mass is 343 g/mol. The molecule has 0 aliphatic heterocycles. The summed E-state index contributed by atoms with van der Waals surface area (Å²) in [5.74, 6) is -0.409. The van der Waals surface area contributed by atoms with Crippen LogP contribution in [0.5, 0.6) is 0 Å². The summed E-state index contributed by atoms with van der Waals surface area (Å²) in [7, 11) is -2.34. The third kappa shape index (κ3) is 4.04. The van der Waals surface area contributed by atoms with Gasteiger partial charge in [-0.3, -0.25) is 0 Å². The predicted molar refractivity (Wildman–Crippen MR) is 82.8 cm³/mol. The zero-order valence-electron chi connectivity index (χ0n) is 11.8. The zero-order chi connectivity index (χ0) is 16.2. The van der Waals surface area contributed by atoms with E-state index in [-0.39, 0.29) is 16.5 Å². The van der Waals surface area contributed by atoms with Crippen molar-refractivity contribution in [1.82, 2.24) is 4.72 Å². The van der Waals surface area contributed by atoms with E-state index in [4.69, 9.17) is 16.3 Å². The van der Waals surface area contributed by atoms with Gasteiger partial charge in [-0.25, -0.2) is 17.5 Å². The minimum absolute atomic E-state index is 0.00855. The predicted octanol–water partition coefficient (Wildman–Crippen LogP) is 3.15. The molecule has 0 fully saturated rings. The molecule has 0 saturated heterocycles. The van der Waals surface area contributed by atoms with Crippen molar-refractivity contribution in [2.75, 3.05) is 13.7 Å². The molecule has 0 saturated carbocycles. The summed E-state index contributed by atoms with van der Waals surface area (Å²) in [6.07, 6.45) is -0.604. The van der Waals surface area contributed by atoms with Crippen LogP contribution in [-0.4, -0.2) is 22.1 Å². The number of nitrogens with one attached hydrogen (secondary N) is 1. The molecule has 2 aromatic rings. The number of benzene rings is 2. The van der Waals surface area contributed by atoms with Crippen LogP contribution >= 0.6 is 11.6 Å². The van der Waals surface area contributed by atoms with Gasteiger partial charge in [-0.05, 0) is 29.8 Å². The molecule has 1 atom stereocenters. The Morgan fingerprint density at radius 1 is 1.23 bits per heavy atom. The van der Waals surface area contributed by atoms with Crippen molar-refractivity contribution < 1.29 is 17.5 Å². The van der Waals surface area contributed by atoms with E-state index in [1.165, 1.54) is 31.4 Å². The van der Waals surface area contributed by atoms with Gasteiger partial charge < -0.3 is 4.74 Å². The Morgan fingerprint density at radius 3 is 2.59 bits per heavy atom. The molecule has 0 radical (unpaired) electrons. The van der Waals surface area contributed by atoms with Crippen molar-refractivity contribution in [3.63, 3.8) is 0 Å². The van der Waals surface area contributed by atoms with E-state index in [1.54, 1.807) is 24.3 Å². The lowest BCUT2D eigenvalue weighted by Gasteiger charge is -2.17. The van der Waals surface area contributed by atoms with Crippen LogP contribution < -0.4 is 4.72 Å². The highest BCUT2D eigenvalue weighted by molar-refractivity contribution is 7.89. The zero-order valence-corrected chi connectivity index (χ0v) is 13.4. The number of halogens is 2. The normalized spacial score (nSPS) is 13.0. The second kappa shape index (κ2) is 7.19. The molecule has 0 unspecified atom stereocenters. The Kier molecular flexibility index (Phi) is 5.52. The molecule has 0 aliphatic rings. The highest BCUT2D eigenvalue weighted by Crippen LogP contribution is 2.22. The van der Waals surface area contributed by atoms with Crippen LogP contribution in [-0.2, 0) is 14.8 Å². The van der Waals surface area contributed by atoms with Crippen LogP contribution in [0, 0.1) is 5.82 Å². The third-order valence-corrected chi connectivity index (χ3v) is 5.01. The molecule has 2 rings (SSSR count). The van der Waals surface area contributed by atoms with Gasteiger partial charge in [0.2, 0.25) is 10.0 Å². The van der Waals surface area contributed by atoms with E-state index >= 15 is 0 Å². The summed E-state index contributed by atoms with van der Waals surface area (Å²) in [5, 5.41) is 0.134. The van der Waals surface area contributed by atoms with Crippen molar-refractivity contribution >= 4 is 21.6 Å². The summed E-state index contributed by atoms with van der Waals surface area (Å²) < 4.78 is 45.4. The molecule has 0 heterocycles. The van der Waals surface area contributed by atoms with Gasteiger partial charge in [-0.15, -0.1) is 0 Å². The Morgan fingerprint density at radius 2 is 1.95 bits per heavy atom. The molecule has 118 valence electrons. The molecular formula is C15H15ClFNO3S. The molecule has 2 aromatic carbocycles. The number of hydrogen-bond acceptors (Lipinski definition) is 3. The standard InChI is InChI=1S/C15H15ClFNO3S/c1-21-14(11-5-4-6-12(17)9-11)10-18-22(19,20)15-8-3-2-7-13(15)16/h2-9,14,18H,10H2,1H3/t14-/m0/s1. The van der Waals surface area contributed by atoms with Crippen LogP contribution in [0.4, 0.5) is 4.39 Å². The summed E-state index contributed by atoms with van der Waals surface area (Å²) >= 11 is 5.90. The van der Waals surface area contributed by atoms with Crippen molar-refractivity contribution in [2.45, 2.75) is 11.0 Å². The Bertz CT molecular complexity index is 752.